The second-order valence-corrected chi connectivity index (χ2v) is 6.43. The lowest BCUT2D eigenvalue weighted by molar-refractivity contribution is -0.384. The fourth-order valence-electron chi connectivity index (χ4n) is 3.09. The number of benzene rings is 2. The summed E-state index contributed by atoms with van der Waals surface area (Å²) in [6.45, 7) is 1.53. The van der Waals surface area contributed by atoms with E-state index in [9.17, 15) is 14.9 Å². The molecule has 2 aromatic rings. The maximum absolute atomic E-state index is 12.0. The van der Waals surface area contributed by atoms with Gasteiger partial charge in [0.2, 0.25) is 0 Å². The number of methoxy groups -OCH3 is 1. The van der Waals surface area contributed by atoms with E-state index in [-0.39, 0.29) is 12.3 Å². The fourth-order valence-corrected chi connectivity index (χ4v) is 3.09. The van der Waals surface area contributed by atoms with Crippen LogP contribution in [0, 0.1) is 10.1 Å². The molecule has 29 heavy (non-hydrogen) atoms. The van der Waals surface area contributed by atoms with Gasteiger partial charge in [0.1, 0.15) is 0 Å². The first-order chi connectivity index (χ1) is 14.1. The van der Waals surface area contributed by atoms with E-state index >= 15 is 0 Å². The predicted octanol–water partition coefficient (Wildman–Crippen LogP) is 2.73. The summed E-state index contributed by atoms with van der Waals surface area (Å²) in [6, 6.07) is 11.6. The summed E-state index contributed by atoms with van der Waals surface area (Å²) in [7, 11) is 1.52. The predicted molar refractivity (Wildman–Crippen MR) is 109 cm³/mol. The number of ether oxygens (including phenoxy) is 2. The molecule has 0 aromatic heterocycles. The lowest BCUT2D eigenvalue weighted by Gasteiger charge is -2.19. The van der Waals surface area contributed by atoms with Gasteiger partial charge in [-0.15, -0.1) is 0 Å². The number of hydrazone groups is 1. The summed E-state index contributed by atoms with van der Waals surface area (Å²) in [4.78, 5) is 24.8. The van der Waals surface area contributed by atoms with Crippen molar-refractivity contribution in [2.75, 3.05) is 31.7 Å². The number of anilines is 1. The number of carbonyl (C=O) groups excluding carboxylic acids is 1. The molecule has 1 saturated heterocycles. The van der Waals surface area contributed by atoms with Gasteiger partial charge in [-0.3, -0.25) is 14.9 Å². The van der Waals surface area contributed by atoms with Crippen molar-refractivity contribution in [3.63, 3.8) is 0 Å². The Kier molecular flexibility index (Phi) is 6.62. The third kappa shape index (κ3) is 5.22. The highest BCUT2D eigenvalue weighted by molar-refractivity contribution is 5.90. The molecule has 0 spiro atoms. The summed E-state index contributed by atoms with van der Waals surface area (Å²) in [5, 5.41) is 15.0. The minimum atomic E-state index is -0.458. The van der Waals surface area contributed by atoms with E-state index < -0.39 is 10.8 Å². The first kappa shape index (κ1) is 20.1. The molecule has 1 fully saturated rings. The number of non-ortho nitro benzene ring substituents is 1. The van der Waals surface area contributed by atoms with Crippen molar-refractivity contribution in [1.82, 2.24) is 5.43 Å². The van der Waals surface area contributed by atoms with Gasteiger partial charge in [-0.2, -0.15) is 5.10 Å². The van der Waals surface area contributed by atoms with Crippen LogP contribution in [0.25, 0.3) is 0 Å². The third-order valence-corrected chi connectivity index (χ3v) is 4.49. The monoisotopic (exact) mass is 398 g/mol. The molecule has 9 nitrogen and oxygen atoms in total. The molecule has 1 heterocycles. The van der Waals surface area contributed by atoms with E-state index in [1.54, 1.807) is 30.3 Å². The van der Waals surface area contributed by atoms with Crippen molar-refractivity contribution in [3.8, 4) is 11.5 Å². The van der Waals surface area contributed by atoms with Crippen molar-refractivity contribution in [2.24, 2.45) is 5.10 Å². The normalized spacial score (nSPS) is 13.5. The Labute approximate surface area is 168 Å². The van der Waals surface area contributed by atoms with Crippen LogP contribution in [-0.4, -0.2) is 43.9 Å². The highest BCUT2D eigenvalue weighted by atomic mass is 16.6. The molecule has 0 aliphatic carbocycles. The first-order valence-corrected chi connectivity index (χ1v) is 9.19. The average Bonchev–Trinajstić information content (AvgIpc) is 3.27. The van der Waals surface area contributed by atoms with E-state index in [1.807, 2.05) is 0 Å². The summed E-state index contributed by atoms with van der Waals surface area (Å²) in [6.07, 6.45) is 3.57. The number of nitrogens with zero attached hydrogens (tertiary/aromatic N) is 3. The Bertz CT molecular complexity index is 909. The third-order valence-electron chi connectivity index (χ3n) is 4.49. The van der Waals surface area contributed by atoms with E-state index in [1.165, 1.54) is 25.5 Å². The molecule has 1 amide bonds. The number of hydrogen-bond acceptors (Lipinski definition) is 7. The number of hydrogen-bond donors (Lipinski definition) is 1. The Morgan fingerprint density at radius 2 is 1.97 bits per heavy atom. The molecule has 9 heteroatoms. The van der Waals surface area contributed by atoms with E-state index in [4.69, 9.17) is 9.47 Å². The van der Waals surface area contributed by atoms with Gasteiger partial charge < -0.3 is 14.4 Å². The number of carbonyl (C=O) groups is 1. The van der Waals surface area contributed by atoms with Crippen molar-refractivity contribution >= 4 is 23.5 Å². The SMILES string of the molecule is COc1ccccc1OCC(=O)N/N=C\c1cc([N+](=O)[O-])ccc1N1CCCC1. The zero-order chi connectivity index (χ0) is 20.6. The summed E-state index contributed by atoms with van der Waals surface area (Å²) in [5.74, 6) is 0.514. The van der Waals surface area contributed by atoms with Gasteiger partial charge in [-0.25, -0.2) is 5.43 Å². The van der Waals surface area contributed by atoms with Crippen LogP contribution in [0.4, 0.5) is 11.4 Å². The van der Waals surface area contributed by atoms with Crippen LogP contribution in [0.15, 0.2) is 47.6 Å². The Morgan fingerprint density at radius 1 is 1.24 bits per heavy atom. The van der Waals surface area contributed by atoms with Gasteiger partial charge in [0.05, 0.1) is 18.2 Å². The first-order valence-electron chi connectivity index (χ1n) is 9.19. The number of nitro benzene ring substituents is 1. The quantitative estimate of drug-likeness (QED) is 0.416. The zero-order valence-electron chi connectivity index (χ0n) is 16.0. The van der Waals surface area contributed by atoms with Crippen molar-refractivity contribution in [3.05, 3.63) is 58.1 Å². The number of para-hydroxylation sites is 2. The molecule has 0 atom stereocenters. The van der Waals surface area contributed by atoms with E-state index in [0.717, 1.165) is 31.6 Å². The summed E-state index contributed by atoms with van der Waals surface area (Å²) < 4.78 is 10.6. The van der Waals surface area contributed by atoms with E-state index in [2.05, 4.69) is 15.4 Å². The van der Waals surface area contributed by atoms with Crippen LogP contribution in [0.3, 0.4) is 0 Å². The molecule has 152 valence electrons. The number of nitro groups is 1. The van der Waals surface area contributed by atoms with Gasteiger partial charge in [-0.1, -0.05) is 12.1 Å². The molecule has 0 bridgehead atoms. The zero-order valence-corrected chi connectivity index (χ0v) is 16.0. The smallest absolute Gasteiger partial charge is 0.277 e. The van der Waals surface area contributed by atoms with Crippen LogP contribution in [0.2, 0.25) is 0 Å². The number of amides is 1. The highest BCUT2D eigenvalue weighted by Crippen LogP contribution is 2.27. The molecular formula is C20H22N4O5. The second-order valence-electron chi connectivity index (χ2n) is 6.43. The Balaban J connectivity index is 1.64. The molecule has 1 N–H and O–H groups in total. The number of nitrogens with one attached hydrogen (secondary N) is 1. The van der Waals surface area contributed by atoms with Gasteiger partial charge in [0, 0.05) is 36.5 Å². The maximum Gasteiger partial charge on any atom is 0.277 e. The lowest BCUT2D eigenvalue weighted by atomic mass is 10.1. The molecule has 1 aliphatic heterocycles. The van der Waals surface area contributed by atoms with Gasteiger partial charge >= 0.3 is 0 Å². The van der Waals surface area contributed by atoms with Crippen molar-refractivity contribution < 1.29 is 19.2 Å². The standard InChI is InChI=1S/C20H22N4O5/c1-28-18-6-2-3-7-19(18)29-14-20(25)22-21-13-15-12-16(24(26)27)8-9-17(15)23-10-4-5-11-23/h2-3,6-9,12-13H,4-5,10-11,14H2,1H3,(H,22,25)/b21-13-. The molecule has 2 aromatic carbocycles. The molecule has 0 saturated carbocycles. The average molecular weight is 398 g/mol. The van der Waals surface area contributed by atoms with E-state index in [0.29, 0.717) is 17.1 Å². The summed E-state index contributed by atoms with van der Waals surface area (Å²) >= 11 is 0. The fraction of sp³-hybridized carbons (Fsp3) is 0.300. The minimum absolute atomic E-state index is 0.0276. The molecule has 3 rings (SSSR count). The summed E-state index contributed by atoms with van der Waals surface area (Å²) in [5.41, 5.74) is 3.79. The van der Waals surface area contributed by atoms with Gasteiger partial charge in [0.25, 0.3) is 11.6 Å². The minimum Gasteiger partial charge on any atom is -0.493 e. The topological polar surface area (TPSA) is 106 Å². The number of rotatable bonds is 8. The van der Waals surface area contributed by atoms with Crippen LogP contribution in [0.1, 0.15) is 18.4 Å². The largest absolute Gasteiger partial charge is 0.493 e. The Hall–Kier alpha value is -3.62. The van der Waals surface area contributed by atoms with Crippen LogP contribution < -0.4 is 19.8 Å². The molecule has 0 unspecified atom stereocenters. The maximum atomic E-state index is 12.0. The molecular weight excluding hydrogens is 376 g/mol. The molecule has 0 radical (unpaired) electrons. The highest BCUT2D eigenvalue weighted by Gasteiger charge is 2.18. The van der Waals surface area contributed by atoms with Crippen LogP contribution >= 0.6 is 0 Å². The lowest BCUT2D eigenvalue weighted by Crippen LogP contribution is -2.25. The van der Waals surface area contributed by atoms with Gasteiger partial charge in [-0.05, 0) is 31.0 Å². The van der Waals surface area contributed by atoms with Crippen molar-refractivity contribution in [1.29, 1.82) is 0 Å². The van der Waals surface area contributed by atoms with Crippen LogP contribution in [0.5, 0.6) is 11.5 Å². The Morgan fingerprint density at radius 3 is 2.66 bits per heavy atom. The van der Waals surface area contributed by atoms with Crippen molar-refractivity contribution in [2.45, 2.75) is 12.8 Å². The van der Waals surface area contributed by atoms with Gasteiger partial charge in [0.15, 0.2) is 18.1 Å². The second kappa shape index (κ2) is 9.54. The molecule has 1 aliphatic rings. The van der Waals surface area contributed by atoms with Crippen LogP contribution in [-0.2, 0) is 4.79 Å².